The second-order valence-electron chi connectivity index (χ2n) is 15.3. The van der Waals surface area contributed by atoms with E-state index in [1.807, 2.05) is 60.7 Å². The quantitative estimate of drug-likeness (QED) is 0.0796. The smallest absolute Gasteiger partial charge is 0.337 e. The second kappa shape index (κ2) is 22.9. The third-order valence-corrected chi connectivity index (χ3v) is 12.4. The van der Waals surface area contributed by atoms with E-state index in [2.05, 4.69) is 29.4 Å². The van der Waals surface area contributed by atoms with Crippen LogP contribution in [0.2, 0.25) is 0 Å². The van der Waals surface area contributed by atoms with Crippen molar-refractivity contribution < 1.29 is 33.4 Å². The molecule has 1 aliphatic carbocycles. The number of carbonyl (C=O) groups excluding carboxylic acids is 5. The summed E-state index contributed by atoms with van der Waals surface area (Å²) in [5.74, 6) is -1.28. The number of rotatable bonds is 21. The summed E-state index contributed by atoms with van der Waals surface area (Å²) >= 11 is 1.50. The van der Waals surface area contributed by atoms with Gasteiger partial charge in [0.1, 0.15) is 5.00 Å². The van der Waals surface area contributed by atoms with Gasteiger partial charge in [-0.3, -0.25) is 24.1 Å². The number of nitrogens with one attached hydrogen (secondary N) is 2. The molecule has 0 spiro atoms. The Morgan fingerprint density at radius 3 is 2.12 bits per heavy atom. The zero-order chi connectivity index (χ0) is 43.0. The van der Waals surface area contributed by atoms with Crippen LogP contribution >= 0.6 is 11.3 Å². The minimum Gasteiger partial charge on any atom is -0.466 e. The van der Waals surface area contributed by atoms with E-state index in [1.54, 1.807) is 31.0 Å². The van der Waals surface area contributed by atoms with Crippen molar-refractivity contribution in [3.63, 3.8) is 0 Å². The van der Waals surface area contributed by atoms with Gasteiger partial charge >= 0.3 is 11.9 Å². The molecule has 5 rings (SSSR count). The lowest BCUT2D eigenvalue weighted by molar-refractivity contribution is -0.145. The minimum absolute atomic E-state index is 0.0767. The lowest BCUT2D eigenvalue weighted by atomic mass is 9.95. The molecule has 0 saturated heterocycles. The van der Waals surface area contributed by atoms with Gasteiger partial charge in [-0.25, -0.2) is 4.79 Å². The van der Waals surface area contributed by atoms with Crippen molar-refractivity contribution in [1.82, 2.24) is 9.80 Å². The number of methoxy groups -OCH3 is 1. The molecular weight excluding hydrogens is 777 g/mol. The first-order valence-corrected chi connectivity index (χ1v) is 22.1. The summed E-state index contributed by atoms with van der Waals surface area (Å²) in [5, 5.41) is 6.79. The van der Waals surface area contributed by atoms with E-state index >= 15 is 0 Å². The molecule has 2 N–H and O–H groups in total. The van der Waals surface area contributed by atoms with Crippen molar-refractivity contribution in [3.8, 4) is 0 Å². The molecular formula is C48H60N4O7S. The van der Waals surface area contributed by atoms with E-state index in [0.717, 1.165) is 91.5 Å². The second-order valence-corrected chi connectivity index (χ2v) is 16.4. The maximum absolute atomic E-state index is 14.0. The van der Waals surface area contributed by atoms with Crippen LogP contribution in [-0.2, 0) is 51.3 Å². The molecule has 1 aliphatic rings. The third kappa shape index (κ3) is 12.8. The summed E-state index contributed by atoms with van der Waals surface area (Å²) in [6.45, 7) is 8.41. The van der Waals surface area contributed by atoms with Crippen LogP contribution in [0.1, 0.15) is 124 Å². The van der Waals surface area contributed by atoms with E-state index in [0.29, 0.717) is 53.1 Å². The van der Waals surface area contributed by atoms with E-state index in [9.17, 15) is 24.0 Å². The van der Waals surface area contributed by atoms with Gasteiger partial charge in [0, 0.05) is 55.3 Å². The zero-order valence-electron chi connectivity index (χ0n) is 35.8. The topological polar surface area (TPSA) is 134 Å². The molecule has 0 saturated carbocycles. The summed E-state index contributed by atoms with van der Waals surface area (Å²) in [6, 6.07) is 23.3. The van der Waals surface area contributed by atoms with Gasteiger partial charge < -0.3 is 25.0 Å². The molecule has 1 aromatic heterocycles. The van der Waals surface area contributed by atoms with Gasteiger partial charge in [0.25, 0.3) is 11.8 Å². The Morgan fingerprint density at radius 2 is 1.45 bits per heavy atom. The van der Waals surface area contributed by atoms with Crippen molar-refractivity contribution >= 4 is 51.7 Å². The first-order valence-electron chi connectivity index (χ1n) is 21.3. The Hall–Kier alpha value is -5.33. The molecule has 0 aliphatic heterocycles. The fraction of sp³-hybridized carbons (Fsp3) is 0.438. The Balaban J connectivity index is 1.21. The highest BCUT2D eigenvalue weighted by Crippen LogP contribution is 2.39. The summed E-state index contributed by atoms with van der Waals surface area (Å²) < 4.78 is 9.75. The minimum atomic E-state index is -0.357. The van der Waals surface area contributed by atoms with Crippen molar-refractivity contribution in [1.29, 1.82) is 0 Å². The van der Waals surface area contributed by atoms with Gasteiger partial charge in [0.05, 0.1) is 31.3 Å². The van der Waals surface area contributed by atoms with E-state index < -0.39 is 0 Å². The predicted octanol–water partition coefficient (Wildman–Crippen LogP) is 8.89. The Labute approximate surface area is 358 Å². The number of ether oxygens (including phenoxy) is 2. The Bertz CT molecular complexity index is 2070. The zero-order valence-corrected chi connectivity index (χ0v) is 36.6. The molecule has 320 valence electrons. The van der Waals surface area contributed by atoms with Crippen LogP contribution in [0.5, 0.6) is 0 Å². The number of amides is 3. The lowest BCUT2D eigenvalue weighted by Crippen LogP contribution is -2.37. The average Bonchev–Trinajstić information content (AvgIpc) is 3.63. The number of esters is 2. The van der Waals surface area contributed by atoms with Gasteiger partial charge in [-0.1, -0.05) is 50.2 Å². The van der Waals surface area contributed by atoms with Gasteiger partial charge in [0.15, 0.2) is 0 Å². The normalized spacial score (nSPS) is 12.2. The number of fused-ring (bicyclic) bond motifs is 1. The molecule has 3 aromatic carbocycles. The molecule has 4 aromatic rings. The molecule has 1 heterocycles. The fourth-order valence-electron chi connectivity index (χ4n) is 7.74. The number of hydrogen-bond donors (Lipinski definition) is 2. The van der Waals surface area contributed by atoms with E-state index in [-0.39, 0.29) is 42.5 Å². The van der Waals surface area contributed by atoms with Crippen LogP contribution < -0.4 is 10.6 Å². The number of nitrogens with zero attached hydrogens (tertiary/aromatic N) is 2. The number of hydrogen-bond acceptors (Lipinski definition) is 9. The molecule has 60 heavy (non-hydrogen) atoms. The number of thiophene rings is 1. The van der Waals surface area contributed by atoms with Crippen LogP contribution in [0, 0.1) is 0 Å². The number of anilines is 2. The van der Waals surface area contributed by atoms with Crippen LogP contribution in [-0.4, -0.2) is 79.4 Å². The van der Waals surface area contributed by atoms with Crippen LogP contribution in [0.25, 0.3) is 0 Å². The predicted molar refractivity (Wildman–Crippen MR) is 238 cm³/mol. The van der Waals surface area contributed by atoms with Crippen LogP contribution in [0.3, 0.4) is 0 Å². The molecule has 0 unspecified atom stereocenters. The fourth-order valence-corrected chi connectivity index (χ4v) is 9.02. The standard InChI is InChI=1S/C48H60N4O7S/c1-6-39(7-2)52(30-12-29-51(4)42(53)27-28-43(54)59-8-3)32-35-13-11-14-37(31-35)45(55)50-47-44(40-15-9-10-16-41(40)60-47)46(56)49-38-25-21-34(22-26-38)18-17-33-19-23-36(24-20-33)48(57)58-5/h11,13-14,19-26,31,39H,6-10,12,15-18,27-30,32H2,1-5H3,(H,49,56)(H,50,55). The molecule has 11 nitrogen and oxygen atoms in total. The summed E-state index contributed by atoms with van der Waals surface area (Å²) in [7, 11) is 3.14. The molecule has 12 heteroatoms. The monoisotopic (exact) mass is 836 g/mol. The largest absolute Gasteiger partial charge is 0.466 e. The van der Waals surface area contributed by atoms with Crippen LogP contribution in [0.4, 0.5) is 10.7 Å². The van der Waals surface area contributed by atoms with Crippen molar-refractivity contribution in [3.05, 3.63) is 117 Å². The van der Waals surface area contributed by atoms with E-state index in [4.69, 9.17) is 9.47 Å². The Morgan fingerprint density at radius 1 is 0.767 bits per heavy atom. The van der Waals surface area contributed by atoms with E-state index in [1.165, 1.54) is 18.4 Å². The molecule has 3 amide bonds. The molecule has 0 bridgehead atoms. The van der Waals surface area contributed by atoms with Gasteiger partial charge in [-0.15, -0.1) is 11.3 Å². The lowest BCUT2D eigenvalue weighted by Gasteiger charge is -2.31. The highest BCUT2D eigenvalue weighted by Gasteiger charge is 2.27. The highest BCUT2D eigenvalue weighted by molar-refractivity contribution is 7.17. The summed E-state index contributed by atoms with van der Waals surface area (Å²) in [6.07, 6.45) is 8.26. The number of carbonyl (C=O) groups is 5. The highest BCUT2D eigenvalue weighted by atomic mass is 32.1. The first kappa shape index (κ1) is 45.7. The number of aryl methyl sites for hydroxylation is 3. The molecule has 0 radical (unpaired) electrons. The SMILES string of the molecule is CCOC(=O)CCC(=O)N(C)CCCN(Cc1cccc(C(=O)Nc2sc3c(c2C(=O)Nc2ccc(CCc4ccc(C(=O)OC)cc4)cc2)CCCC3)c1)C(CC)CC. The Kier molecular flexibility index (Phi) is 17.4. The summed E-state index contributed by atoms with van der Waals surface area (Å²) in [4.78, 5) is 69.3. The van der Waals surface area contributed by atoms with Gasteiger partial charge in [-0.05, 0) is 123 Å². The maximum Gasteiger partial charge on any atom is 0.337 e. The van der Waals surface area contributed by atoms with Crippen LogP contribution in [0.15, 0.2) is 72.8 Å². The maximum atomic E-state index is 14.0. The average molecular weight is 837 g/mol. The van der Waals surface area contributed by atoms with Crippen molar-refractivity contribution in [2.75, 3.05) is 44.5 Å². The van der Waals surface area contributed by atoms with Gasteiger partial charge in [0.2, 0.25) is 5.91 Å². The number of benzene rings is 3. The molecule has 0 atom stereocenters. The summed E-state index contributed by atoms with van der Waals surface area (Å²) in [5.41, 5.74) is 6.55. The first-order chi connectivity index (χ1) is 29.0. The third-order valence-electron chi connectivity index (χ3n) is 11.2. The van der Waals surface area contributed by atoms with Gasteiger partial charge in [-0.2, -0.15) is 0 Å². The van der Waals surface area contributed by atoms with Crippen molar-refractivity contribution in [2.24, 2.45) is 0 Å². The molecule has 0 fully saturated rings. The van der Waals surface area contributed by atoms with Crippen molar-refractivity contribution in [2.45, 2.75) is 104 Å².